The molecule has 0 amide bonds. The maximum atomic E-state index is 6.96. The highest BCUT2D eigenvalue weighted by molar-refractivity contribution is 6.23. The topological polar surface area (TPSA) is 54.8 Å². The zero-order valence-corrected chi connectivity index (χ0v) is 37.1. The van der Waals surface area contributed by atoms with Gasteiger partial charge >= 0.3 is 0 Å². The second kappa shape index (κ2) is 16.6. The first kappa shape index (κ1) is 39.6. The van der Waals surface area contributed by atoms with Crippen LogP contribution >= 0.6 is 0 Å². The largest absolute Gasteiger partial charge is 0.454 e. The van der Waals surface area contributed by atoms with E-state index in [-0.39, 0.29) is 12.1 Å². The Morgan fingerprint density at radius 3 is 1.69 bits per heavy atom. The Morgan fingerprint density at radius 1 is 0.456 bits per heavy atom. The summed E-state index contributed by atoms with van der Waals surface area (Å²) in [5.41, 5.74) is 16.4. The smallest absolute Gasteiger partial charge is 0.160 e. The lowest BCUT2D eigenvalue weighted by Gasteiger charge is -2.33. The van der Waals surface area contributed by atoms with Crippen LogP contribution in [-0.4, -0.2) is 16.2 Å². The van der Waals surface area contributed by atoms with Gasteiger partial charge in [0.15, 0.2) is 11.4 Å². The van der Waals surface area contributed by atoms with E-state index >= 15 is 0 Å². The van der Waals surface area contributed by atoms with Crippen LogP contribution in [0.25, 0.3) is 77.3 Å². The van der Waals surface area contributed by atoms with Crippen molar-refractivity contribution in [2.45, 2.75) is 18.5 Å². The van der Waals surface area contributed by atoms with Crippen molar-refractivity contribution in [2.75, 3.05) is 0 Å². The molecule has 2 aliphatic rings. The monoisotopic (exact) mass is 872 g/mol. The highest BCUT2D eigenvalue weighted by Gasteiger charge is 2.34. The fourth-order valence-corrected chi connectivity index (χ4v) is 10.4. The van der Waals surface area contributed by atoms with Crippen LogP contribution in [0.4, 0.5) is 0 Å². The molecule has 0 bridgehead atoms. The second-order valence-corrected chi connectivity index (χ2v) is 17.7. The molecule has 0 fully saturated rings. The van der Waals surface area contributed by atoms with Crippen molar-refractivity contribution in [1.29, 1.82) is 0 Å². The van der Waals surface area contributed by atoms with Gasteiger partial charge in [0.25, 0.3) is 0 Å². The van der Waals surface area contributed by atoms with Crippen LogP contribution in [0, 0.1) is 0 Å². The first-order valence-electron chi connectivity index (χ1n) is 23.4. The van der Waals surface area contributed by atoms with Gasteiger partial charge in [0.2, 0.25) is 0 Å². The quantitative estimate of drug-likeness (QED) is 0.165. The van der Waals surface area contributed by atoms with Crippen LogP contribution in [0.1, 0.15) is 40.8 Å². The maximum absolute atomic E-state index is 6.96. The lowest BCUT2D eigenvalue weighted by Crippen LogP contribution is -2.35. The van der Waals surface area contributed by atoms with Gasteiger partial charge in [-0.15, -0.1) is 0 Å². The Labute approximate surface area is 394 Å². The summed E-state index contributed by atoms with van der Waals surface area (Å²) < 4.78 is 9.49. The van der Waals surface area contributed by atoms with Crippen LogP contribution in [0.2, 0.25) is 0 Å². The number of rotatable bonds is 8. The molecule has 1 aliphatic carbocycles. The first-order chi connectivity index (χ1) is 33.7. The third kappa shape index (κ3) is 6.87. The van der Waals surface area contributed by atoms with E-state index in [0.717, 1.165) is 77.6 Å². The molecular formula is C63H44N4O. The Bertz CT molecular complexity index is 3810. The van der Waals surface area contributed by atoms with Crippen molar-refractivity contribution in [3.05, 3.63) is 264 Å². The molecule has 0 spiro atoms. The predicted molar refractivity (Wildman–Crippen MR) is 282 cm³/mol. The van der Waals surface area contributed by atoms with Gasteiger partial charge in [-0.25, -0.2) is 9.98 Å². The summed E-state index contributed by atoms with van der Waals surface area (Å²) in [6, 6.07) is 82.1. The van der Waals surface area contributed by atoms with Crippen molar-refractivity contribution >= 4 is 66.7 Å². The molecule has 0 saturated carbocycles. The molecule has 13 rings (SSSR count). The minimum absolute atomic E-state index is 0.124. The van der Waals surface area contributed by atoms with Crippen molar-refractivity contribution in [3.63, 3.8) is 0 Å². The second-order valence-electron chi connectivity index (χ2n) is 17.7. The Balaban J connectivity index is 1.11. The zero-order valence-electron chi connectivity index (χ0n) is 37.1. The number of benzene rings is 9. The number of para-hydroxylation sites is 2. The first-order valence-corrected chi connectivity index (χ1v) is 23.4. The molecule has 2 atom stereocenters. The van der Waals surface area contributed by atoms with Gasteiger partial charge in [-0.1, -0.05) is 212 Å². The number of furan rings is 1. The predicted octanol–water partition coefficient (Wildman–Crippen LogP) is 15.7. The number of aliphatic imine (C=N–C) groups is 2. The summed E-state index contributed by atoms with van der Waals surface area (Å²) in [5, 5.41) is 8.38. The van der Waals surface area contributed by atoms with Crippen LogP contribution in [-0.2, 0) is 0 Å². The van der Waals surface area contributed by atoms with E-state index in [9.17, 15) is 0 Å². The molecule has 322 valence electrons. The fraction of sp³-hybridized carbons (Fsp3) is 0.0476. The molecule has 5 heteroatoms. The number of nitrogens with zero attached hydrogens (tertiary/aromatic N) is 3. The number of fused-ring (bicyclic) bond motifs is 7. The number of nitrogens with one attached hydrogen (secondary N) is 1. The van der Waals surface area contributed by atoms with Crippen molar-refractivity contribution < 1.29 is 4.42 Å². The average molecular weight is 873 g/mol. The number of allylic oxidation sites excluding steroid dienone is 3. The van der Waals surface area contributed by atoms with Crippen molar-refractivity contribution in [3.8, 4) is 22.3 Å². The molecule has 11 aromatic rings. The maximum Gasteiger partial charge on any atom is 0.160 e. The Morgan fingerprint density at radius 2 is 1.00 bits per heavy atom. The third-order valence-electron chi connectivity index (χ3n) is 13.7. The average Bonchev–Trinajstić information content (AvgIpc) is 3.97. The van der Waals surface area contributed by atoms with Gasteiger partial charge in [0.1, 0.15) is 17.6 Å². The summed E-state index contributed by atoms with van der Waals surface area (Å²) in [5.74, 6) is 1.40. The molecule has 3 heterocycles. The minimum atomic E-state index is -0.332. The molecule has 1 N–H and O–H groups in total. The van der Waals surface area contributed by atoms with Crippen LogP contribution in [0.5, 0.6) is 0 Å². The van der Waals surface area contributed by atoms with Crippen molar-refractivity contribution in [2.24, 2.45) is 9.98 Å². The van der Waals surface area contributed by atoms with Crippen LogP contribution < -0.4 is 5.32 Å². The normalized spacial score (nSPS) is 16.2. The Hall–Kier alpha value is -8.80. The number of hydrogen-bond donors (Lipinski definition) is 1. The van der Waals surface area contributed by atoms with Gasteiger partial charge < -0.3 is 14.3 Å². The van der Waals surface area contributed by atoms with Crippen LogP contribution in [0.3, 0.4) is 0 Å². The van der Waals surface area contributed by atoms with Gasteiger partial charge in [0.05, 0.1) is 11.0 Å². The summed E-state index contributed by atoms with van der Waals surface area (Å²) in [7, 11) is 0. The molecule has 0 saturated heterocycles. The number of hydrogen-bond acceptors (Lipinski definition) is 4. The molecule has 68 heavy (non-hydrogen) atoms. The molecule has 1 unspecified atom stereocenters. The minimum Gasteiger partial charge on any atom is -0.454 e. The van der Waals surface area contributed by atoms with Gasteiger partial charge in [-0.05, 0) is 75.2 Å². The summed E-state index contributed by atoms with van der Waals surface area (Å²) >= 11 is 0. The molecule has 1 aliphatic heterocycles. The molecule has 9 aromatic carbocycles. The van der Waals surface area contributed by atoms with E-state index in [1.54, 1.807) is 0 Å². The molecule has 2 aromatic heterocycles. The van der Waals surface area contributed by atoms with Crippen molar-refractivity contribution in [1.82, 2.24) is 9.88 Å². The van der Waals surface area contributed by atoms with Gasteiger partial charge in [0, 0.05) is 44.3 Å². The van der Waals surface area contributed by atoms with Gasteiger partial charge in [-0.2, -0.15) is 0 Å². The number of aromatic nitrogens is 1. The van der Waals surface area contributed by atoms with E-state index in [1.165, 1.54) is 33.3 Å². The summed E-state index contributed by atoms with van der Waals surface area (Å²) in [4.78, 5) is 10.6. The van der Waals surface area contributed by atoms with E-state index in [0.29, 0.717) is 12.3 Å². The molecule has 5 nitrogen and oxygen atoms in total. The van der Waals surface area contributed by atoms with E-state index < -0.39 is 0 Å². The highest BCUT2D eigenvalue weighted by Crippen LogP contribution is 2.49. The fourth-order valence-electron chi connectivity index (χ4n) is 10.4. The third-order valence-corrected chi connectivity index (χ3v) is 13.7. The van der Waals surface area contributed by atoms with E-state index in [4.69, 9.17) is 14.4 Å². The van der Waals surface area contributed by atoms with E-state index in [2.05, 4.69) is 240 Å². The van der Waals surface area contributed by atoms with E-state index in [1.807, 2.05) is 6.07 Å². The highest BCUT2D eigenvalue weighted by atomic mass is 16.3. The SMILES string of the molecule is C1=C(C2=NC(c3ccccc3)=NC(c3ccccc3)N2)C[C@H](c2ccc(-c3ccccc3)cc2)C(n2c3ccccc3c3ccc4c5ccccc5oc4c32)=C1c1ccc(-c2ccccc2)cc1. The lowest BCUT2D eigenvalue weighted by molar-refractivity contribution is 0.667. The summed E-state index contributed by atoms with van der Waals surface area (Å²) in [6.07, 6.45) is 2.73. The van der Waals surface area contributed by atoms with Crippen LogP contribution in [0.15, 0.2) is 257 Å². The Kier molecular flexibility index (Phi) is 9.64. The molecule has 0 radical (unpaired) electrons. The number of amidine groups is 2. The standard InChI is InChI=1S/C63H44N4O/c1-5-17-41(18-6-1)43-29-33-45(34-30-43)54-39-49(63-65-61(47-21-9-3-10-22-47)64-62(66-63)48-23-11-4-12-24-48)40-55(46-35-31-44(32-36-46)42-19-7-2-8-20-42)58(54)67-56-27-15-13-25-50(56)52-37-38-53-51-26-14-16-28-57(51)68-60(53)59(52)67/h1-39,55,61H,40H2,(H,64,65,66)/t55-,61?/m1/s1. The summed E-state index contributed by atoms with van der Waals surface area (Å²) in [6.45, 7) is 0. The van der Waals surface area contributed by atoms with Gasteiger partial charge in [-0.3, -0.25) is 0 Å². The molecular weight excluding hydrogens is 829 g/mol. The lowest BCUT2D eigenvalue weighted by atomic mass is 9.79. The zero-order chi connectivity index (χ0) is 45.0.